The van der Waals surface area contributed by atoms with Gasteiger partial charge >= 0.3 is 0 Å². The lowest BCUT2D eigenvalue weighted by atomic mass is 9.94. The number of halogens is 1. The second-order valence-corrected chi connectivity index (χ2v) is 6.17. The van der Waals surface area contributed by atoms with E-state index >= 15 is 0 Å². The Hall–Kier alpha value is -1.85. The van der Waals surface area contributed by atoms with Crippen LogP contribution < -0.4 is 11.1 Å². The van der Waals surface area contributed by atoms with Crippen LogP contribution in [-0.2, 0) is 11.3 Å². The van der Waals surface area contributed by atoms with Crippen molar-refractivity contribution in [3.05, 3.63) is 53.4 Å². The second kappa shape index (κ2) is 10.2. The van der Waals surface area contributed by atoms with E-state index in [9.17, 15) is 4.79 Å². The summed E-state index contributed by atoms with van der Waals surface area (Å²) in [6.07, 6.45) is 2.05. The molecule has 0 radical (unpaired) electrons. The van der Waals surface area contributed by atoms with Gasteiger partial charge in [-0.3, -0.25) is 4.79 Å². The molecule has 1 amide bonds. The molecule has 6 heteroatoms. The molecule has 2 atom stereocenters. The van der Waals surface area contributed by atoms with Crippen LogP contribution in [0, 0.1) is 5.92 Å². The molecule has 0 saturated carbocycles. The Morgan fingerprint density at radius 1 is 1.24 bits per heavy atom. The highest BCUT2D eigenvalue weighted by molar-refractivity contribution is 5.85. The first-order chi connectivity index (χ1) is 11.6. The van der Waals surface area contributed by atoms with Crippen LogP contribution in [0.2, 0.25) is 0 Å². The Labute approximate surface area is 155 Å². The predicted octanol–water partition coefficient (Wildman–Crippen LogP) is 3.95. The molecule has 0 fully saturated rings. The van der Waals surface area contributed by atoms with Gasteiger partial charge in [-0.25, -0.2) is 0 Å². The number of carbonyl (C=O) groups excluding carboxylic acids is 1. The SMILES string of the molecule is CCC(CC)c1cc(CNC(=O)C(C)C(N)c2ccccc2)on1.Cl. The first-order valence-corrected chi connectivity index (χ1v) is 8.60. The molecule has 1 heterocycles. The molecule has 5 nitrogen and oxygen atoms in total. The number of amides is 1. The van der Waals surface area contributed by atoms with Crippen LogP contribution in [0.25, 0.3) is 0 Å². The van der Waals surface area contributed by atoms with Crippen molar-refractivity contribution in [2.45, 2.75) is 52.1 Å². The van der Waals surface area contributed by atoms with Crippen molar-refractivity contribution in [1.29, 1.82) is 0 Å². The van der Waals surface area contributed by atoms with Crippen LogP contribution in [0.15, 0.2) is 40.9 Å². The molecule has 0 aliphatic rings. The standard InChI is InChI=1S/C19H27N3O2.ClH/c1-4-14(5-2)17-11-16(24-22-17)12-21-19(23)13(3)18(20)15-9-7-6-8-10-15;/h6-11,13-14,18H,4-5,12,20H2,1-3H3,(H,21,23);1H. The maximum Gasteiger partial charge on any atom is 0.225 e. The number of nitrogens with two attached hydrogens (primary N) is 1. The lowest BCUT2D eigenvalue weighted by molar-refractivity contribution is -0.125. The van der Waals surface area contributed by atoms with Crippen molar-refractivity contribution in [3.8, 4) is 0 Å². The van der Waals surface area contributed by atoms with Crippen LogP contribution in [0.5, 0.6) is 0 Å². The number of nitrogens with one attached hydrogen (secondary N) is 1. The molecule has 0 spiro atoms. The Balaban J connectivity index is 0.00000312. The van der Waals surface area contributed by atoms with Crippen molar-refractivity contribution in [2.24, 2.45) is 11.7 Å². The summed E-state index contributed by atoms with van der Waals surface area (Å²) >= 11 is 0. The average molecular weight is 366 g/mol. The minimum Gasteiger partial charge on any atom is -0.359 e. The fraction of sp³-hybridized carbons (Fsp3) is 0.474. The van der Waals surface area contributed by atoms with Crippen LogP contribution in [0.3, 0.4) is 0 Å². The van der Waals surface area contributed by atoms with Gasteiger partial charge in [-0.2, -0.15) is 0 Å². The van der Waals surface area contributed by atoms with E-state index in [0.717, 1.165) is 24.1 Å². The smallest absolute Gasteiger partial charge is 0.225 e. The average Bonchev–Trinajstić information content (AvgIpc) is 3.09. The summed E-state index contributed by atoms with van der Waals surface area (Å²) in [5.74, 6) is 0.662. The first-order valence-electron chi connectivity index (χ1n) is 8.60. The van der Waals surface area contributed by atoms with Gasteiger partial charge in [0.15, 0.2) is 5.76 Å². The molecule has 0 aliphatic carbocycles. The van der Waals surface area contributed by atoms with Gasteiger partial charge in [-0.1, -0.05) is 56.3 Å². The van der Waals surface area contributed by atoms with E-state index in [-0.39, 0.29) is 30.3 Å². The number of nitrogens with zero attached hydrogens (tertiary/aromatic N) is 1. The number of aromatic nitrogens is 1. The zero-order valence-corrected chi connectivity index (χ0v) is 15.9. The summed E-state index contributed by atoms with van der Waals surface area (Å²) in [7, 11) is 0. The van der Waals surface area contributed by atoms with Gasteiger partial charge in [0.25, 0.3) is 0 Å². The van der Waals surface area contributed by atoms with E-state index in [1.165, 1.54) is 0 Å². The maximum atomic E-state index is 12.3. The van der Waals surface area contributed by atoms with Gasteiger partial charge in [-0.15, -0.1) is 12.4 Å². The molecule has 0 bridgehead atoms. The minimum atomic E-state index is -0.332. The molecule has 3 N–H and O–H groups in total. The van der Waals surface area contributed by atoms with Gasteiger partial charge in [-0.05, 0) is 18.4 Å². The molecule has 25 heavy (non-hydrogen) atoms. The summed E-state index contributed by atoms with van der Waals surface area (Å²) in [6, 6.07) is 11.3. The fourth-order valence-electron chi connectivity index (χ4n) is 2.77. The number of carbonyl (C=O) groups is 1. The summed E-state index contributed by atoms with van der Waals surface area (Å²) in [5.41, 5.74) is 8.10. The van der Waals surface area contributed by atoms with E-state index < -0.39 is 0 Å². The van der Waals surface area contributed by atoms with E-state index in [0.29, 0.717) is 18.2 Å². The Morgan fingerprint density at radius 2 is 1.88 bits per heavy atom. The highest BCUT2D eigenvalue weighted by atomic mass is 35.5. The Kier molecular flexibility index (Phi) is 8.66. The number of rotatable bonds is 8. The number of hydrogen-bond donors (Lipinski definition) is 2. The second-order valence-electron chi connectivity index (χ2n) is 6.17. The quantitative estimate of drug-likeness (QED) is 0.742. The van der Waals surface area contributed by atoms with Crippen LogP contribution in [-0.4, -0.2) is 11.1 Å². The summed E-state index contributed by atoms with van der Waals surface area (Å²) in [6.45, 7) is 6.44. The number of hydrogen-bond acceptors (Lipinski definition) is 4. The lowest BCUT2D eigenvalue weighted by Gasteiger charge is -2.19. The molecular weight excluding hydrogens is 338 g/mol. The van der Waals surface area contributed by atoms with E-state index in [2.05, 4.69) is 24.3 Å². The zero-order valence-electron chi connectivity index (χ0n) is 15.1. The zero-order chi connectivity index (χ0) is 17.5. The predicted molar refractivity (Wildman–Crippen MR) is 101 cm³/mol. The fourth-order valence-corrected chi connectivity index (χ4v) is 2.77. The van der Waals surface area contributed by atoms with Gasteiger partial charge in [0.1, 0.15) is 0 Å². The first kappa shape index (κ1) is 21.2. The molecule has 2 aromatic rings. The Bertz CT molecular complexity index is 641. The largest absolute Gasteiger partial charge is 0.359 e. The molecular formula is C19H28ClN3O2. The lowest BCUT2D eigenvalue weighted by Crippen LogP contribution is -2.35. The molecule has 1 aromatic heterocycles. The van der Waals surface area contributed by atoms with Gasteiger partial charge < -0.3 is 15.6 Å². The van der Waals surface area contributed by atoms with Crippen molar-refractivity contribution in [1.82, 2.24) is 10.5 Å². The van der Waals surface area contributed by atoms with Crippen molar-refractivity contribution < 1.29 is 9.32 Å². The molecule has 0 saturated heterocycles. The molecule has 0 aliphatic heterocycles. The third kappa shape index (κ3) is 5.58. The molecule has 2 rings (SSSR count). The molecule has 138 valence electrons. The summed E-state index contributed by atoms with van der Waals surface area (Å²) in [4.78, 5) is 12.3. The monoisotopic (exact) mass is 365 g/mol. The third-order valence-electron chi connectivity index (χ3n) is 4.55. The molecule has 1 aromatic carbocycles. The van der Waals surface area contributed by atoms with Gasteiger partial charge in [0.2, 0.25) is 5.91 Å². The summed E-state index contributed by atoms with van der Waals surface area (Å²) in [5, 5.41) is 7.00. The van der Waals surface area contributed by atoms with Gasteiger partial charge in [0.05, 0.1) is 18.2 Å². The normalized spacial score (nSPS) is 13.2. The maximum absolute atomic E-state index is 12.3. The van der Waals surface area contributed by atoms with Crippen molar-refractivity contribution >= 4 is 18.3 Å². The minimum absolute atomic E-state index is 0. The molecule has 2 unspecified atom stereocenters. The van der Waals surface area contributed by atoms with Crippen LogP contribution >= 0.6 is 12.4 Å². The van der Waals surface area contributed by atoms with Crippen molar-refractivity contribution in [3.63, 3.8) is 0 Å². The van der Waals surface area contributed by atoms with E-state index in [4.69, 9.17) is 10.3 Å². The van der Waals surface area contributed by atoms with Crippen LogP contribution in [0.1, 0.15) is 62.6 Å². The van der Waals surface area contributed by atoms with E-state index in [1.54, 1.807) is 0 Å². The number of benzene rings is 1. The summed E-state index contributed by atoms with van der Waals surface area (Å²) < 4.78 is 5.33. The highest BCUT2D eigenvalue weighted by Gasteiger charge is 2.22. The van der Waals surface area contributed by atoms with Crippen molar-refractivity contribution in [2.75, 3.05) is 0 Å². The topological polar surface area (TPSA) is 81.2 Å². The van der Waals surface area contributed by atoms with Crippen LogP contribution in [0.4, 0.5) is 0 Å². The Morgan fingerprint density at radius 3 is 2.48 bits per heavy atom. The third-order valence-corrected chi connectivity index (χ3v) is 4.55. The highest BCUT2D eigenvalue weighted by Crippen LogP contribution is 2.23. The van der Waals surface area contributed by atoms with Gasteiger partial charge in [0, 0.05) is 18.0 Å². The van der Waals surface area contributed by atoms with E-state index in [1.807, 2.05) is 43.3 Å².